The summed E-state index contributed by atoms with van der Waals surface area (Å²) < 4.78 is -0.0303. The highest BCUT2D eigenvalue weighted by Gasteiger charge is 2.55. The van der Waals surface area contributed by atoms with Gasteiger partial charge in [-0.25, -0.2) is 0 Å². The summed E-state index contributed by atoms with van der Waals surface area (Å²) in [6, 6.07) is -1.15. The van der Waals surface area contributed by atoms with Crippen LogP contribution in [0.2, 0.25) is 0 Å². The number of hydrogen-bond donors (Lipinski definition) is 1. The largest absolute Gasteiger partial charge is 0.550 e. The predicted octanol–water partition coefficient (Wildman–Crippen LogP) is 0.163. The van der Waals surface area contributed by atoms with Crippen LogP contribution in [0.5, 0.6) is 0 Å². The average molecular weight is 329 g/mol. The highest BCUT2D eigenvalue weighted by Crippen LogP contribution is 2.30. The maximum absolute atomic E-state index is 12.7. The minimum absolute atomic E-state index is 0.0303. The van der Waals surface area contributed by atoms with Crippen LogP contribution in [0, 0.1) is 11.8 Å². The van der Waals surface area contributed by atoms with E-state index >= 15 is 0 Å². The Bertz CT molecular complexity index is 452. The van der Waals surface area contributed by atoms with Gasteiger partial charge in [0.05, 0.1) is 21.1 Å². The van der Waals surface area contributed by atoms with E-state index in [1.807, 2.05) is 13.8 Å². The molecule has 0 radical (unpaired) electrons. The van der Waals surface area contributed by atoms with Gasteiger partial charge in [-0.05, 0) is 12.3 Å². The molecule has 0 aliphatic rings. The van der Waals surface area contributed by atoms with Gasteiger partial charge in [-0.3, -0.25) is 9.59 Å². The van der Waals surface area contributed by atoms with Gasteiger partial charge in [-0.2, -0.15) is 0 Å². The van der Waals surface area contributed by atoms with Crippen LogP contribution in [0.25, 0.3) is 0 Å². The molecular weight excluding hydrogens is 298 g/mol. The summed E-state index contributed by atoms with van der Waals surface area (Å²) >= 11 is 0. The highest BCUT2D eigenvalue weighted by atomic mass is 16.4. The number of quaternary nitrogens is 1. The maximum Gasteiger partial charge on any atom is 0.193 e. The Labute approximate surface area is 139 Å². The van der Waals surface area contributed by atoms with Gasteiger partial charge < -0.3 is 19.5 Å². The van der Waals surface area contributed by atoms with Crippen molar-refractivity contribution in [2.75, 3.05) is 21.1 Å². The van der Waals surface area contributed by atoms with Crippen molar-refractivity contribution in [3.63, 3.8) is 0 Å². The number of aliphatic carboxylic acids is 1. The van der Waals surface area contributed by atoms with Crippen molar-refractivity contribution < 1.29 is 29.1 Å². The molecule has 0 aliphatic carbocycles. The Morgan fingerprint density at radius 2 is 1.61 bits per heavy atom. The number of likely N-dealkylation sites (N-methyl/N-ethyl adjacent to an activating group) is 1. The van der Waals surface area contributed by atoms with Crippen LogP contribution in [-0.2, 0) is 14.4 Å². The lowest BCUT2D eigenvalue weighted by Crippen LogP contribution is -2.67. The number of carbonyl (C=O) groups excluding carboxylic acids is 3. The zero-order chi connectivity index (χ0) is 18.6. The second-order valence-corrected chi connectivity index (χ2v) is 7.73. The number of Topliss-reactive ketones (excluding diaryl/α,β-unsaturated/α-hetero) is 2. The summed E-state index contributed by atoms with van der Waals surface area (Å²) in [5, 5.41) is 22.2. The van der Waals surface area contributed by atoms with Gasteiger partial charge in [-0.15, -0.1) is 0 Å². The lowest BCUT2D eigenvalue weighted by atomic mass is 9.76. The molecule has 0 aromatic carbocycles. The van der Waals surface area contributed by atoms with Crippen LogP contribution < -0.4 is 5.11 Å². The van der Waals surface area contributed by atoms with E-state index in [0.717, 1.165) is 0 Å². The Balaban J connectivity index is 6.07. The molecule has 0 fully saturated rings. The summed E-state index contributed by atoms with van der Waals surface area (Å²) in [5.74, 6) is -2.96. The van der Waals surface area contributed by atoms with Crippen LogP contribution >= 0.6 is 0 Å². The lowest BCUT2D eigenvalue weighted by molar-refractivity contribution is -0.892. The quantitative estimate of drug-likeness (QED) is 0.576. The van der Waals surface area contributed by atoms with E-state index in [1.165, 1.54) is 0 Å². The van der Waals surface area contributed by atoms with Crippen molar-refractivity contribution in [2.24, 2.45) is 11.8 Å². The number of ketones is 2. The third-order valence-electron chi connectivity index (χ3n) is 4.04. The molecule has 0 heterocycles. The number of aliphatic hydroxyl groups is 1. The predicted molar refractivity (Wildman–Crippen MR) is 85.3 cm³/mol. The molecule has 0 aliphatic heterocycles. The number of carboxylic acids is 1. The number of nitrogens with zero attached hydrogens (tertiary/aromatic N) is 1. The Morgan fingerprint density at radius 3 is 1.91 bits per heavy atom. The van der Waals surface area contributed by atoms with E-state index in [2.05, 4.69) is 0 Å². The first-order chi connectivity index (χ1) is 10.3. The zero-order valence-electron chi connectivity index (χ0n) is 15.4. The first-order valence-electron chi connectivity index (χ1n) is 8.07. The lowest BCUT2D eigenvalue weighted by Gasteiger charge is -2.43. The normalized spacial score (nSPS) is 17.4. The molecule has 0 saturated heterocycles. The summed E-state index contributed by atoms with van der Waals surface area (Å²) in [7, 11) is 5.02. The standard InChI is InChI=1S/C17H31NO5/c1-8-12(4)16(22)17(23,10-14(20)21)15(18(5,6)7)13(19)9-11(2)3/h11-12,15,23H,8-10H2,1-7H3. The molecule has 0 rings (SSSR count). The molecule has 6 nitrogen and oxygen atoms in total. The minimum atomic E-state index is -2.27. The molecule has 3 unspecified atom stereocenters. The Kier molecular flexibility index (Phi) is 7.57. The van der Waals surface area contributed by atoms with Gasteiger partial charge in [-0.1, -0.05) is 27.7 Å². The third kappa shape index (κ3) is 5.70. The van der Waals surface area contributed by atoms with E-state index in [9.17, 15) is 24.6 Å². The van der Waals surface area contributed by atoms with Crippen LogP contribution in [-0.4, -0.2) is 59.9 Å². The first kappa shape index (κ1) is 21.7. The van der Waals surface area contributed by atoms with E-state index in [4.69, 9.17) is 0 Å². The molecular formula is C17H31NO5. The van der Waals surface area contributed by atoms with E-state index in [-0.39, 0.29) is 22.6 Å². The molecule has 0 amide bonds. The van der Waals surface area contributed by atoms with Gasteiger partial charge in [0.25, 0.3) is 0 Å². The van der Waals surface area contributed by atoms with Crippen molar-refractivity contribution in [2.45, 2.75) is 58.6 Å². The molecule has 0 saturated carbocycles. The fourth-order valence-electron chi connectivity index (χ4n) is 3.00. The Morgan fingerprint density at radius 1 is 1.13 bits per heavy atom. The van der Waals surface area contributed by atoms with Crippen LogP contribution in [0.3, 0.4) is 0 Å². The number of carboxylic acid groups (broad SMARTS) is 1. The van der Waals surface area contributed by atoms with Gasteiger partial charge in [0, 0.05) is 24.7 Å². The second-order valence-electron chi connectivity index (χ2n) is 7.73. The summed E-state index contributed by atoms with van der Waals surface area (Å²) in [6.45, 7) is 7.12. The summed E-state index contributed by atoms with van der Waals surface area (Å²) in [5.41, 5.74) is -2.27. The van der Waals surface area contributed by atoms with Crippen molar-refractivity contribution in [1.29, 1.82) is 0 Å². The van der Waals surface area contributed by atoms with Gasteiger partial charge in [0.15, 0.2) is 23.2 Å². The zero-order valence-corrected chi connectivity index (χ0v) is 15.4. The van der Waals surface area contributed by atoms with Crippen molar-refractivity contribution in [3.05, 3.63) is 0 Å². The second kappa shape index (κ2) is 8.02. The van der Waals surface area contributed by atoms with Crippen molar-refractivity contribution in [3.8, 4) is 0 Å². The Hall–Kier alpha value is -1.27. The molecule has 134 valence electrons. The molecule has 23 heavy (non-hydrogen) atoms. The molecule has 0 aromatic rings. The molecule has 0 spiro atoms. The topological polar surface area (TPSA) is 94.5 Å². The van der Waals surface area contributed by atoms with Crippen LogP contribution in [0.15, 0.2) is 0 Å². The summed E-state index contributed by atoms with van der Waals surface area (Å²) in [6.07, 6.45) is -0.250. The number of carbonyl (C=O) groups is 3. The monoisotopic (exact) mass is 329 g/mol. The van der Waals surface area contributed by atoms with Gasteiger partial charge in [0.2, 0.25) is 0 Å². The molecule has 3 atom stereocenters. The van der Waals surface area contributed by atoms with Gasteiger partial charge in [0.1, 0.15) is 0 Å². The fraction of sp³-hybridized carbons (Fsp3) is 0.824. The first-order valence-corrected chi connectivity index (χ1v) is 8.07. The van der Waals surface area contributed by atoms with Crippen LogP contribution in [0.1, 0.15) is 47.0 Å². The average Bonchev–Trinajstić information content (AvgIpc) is 2.32. The molecule has 0 bridgehead atoms. The van der Waals surface area contributed by atoms with Crippen molar-refractivity contribution >= 4 is 17.5 Å². The van der Waals surface area contributed by atoms with Gasteiger partial charge >= 0.3 is 0 Å². The van der Waals surface area contributed by atoms with E-state index < -0.39 is 35.7 Å². The minimum Gasteiger partial charge on any atom is -0.550 e. The van der Waals surface area contributed by atoms with Crippen molar-refractivity contribution in [1.82, 2.24) is 0 Å². The number of rotatable bonds is 10. The maximum atomic E-state index is 12.7. The smallest absolute Gasteiger partial charge is 0.193 e. The number of hydrogen-bond acceptors (Lipinski definition) is 5. The van der Waals surface area contributed by atoms with E-state index in [0.29, 0.717) is 6.42 Å². The van der Waals surface area contributed by atoms with E-state index in [1.54, 1.807) is 35.0 Å². The third-order valence-corrected chi connectivity index (χ3v) is 4.04. The van der Waals surface area contributed by atoms with Crippen LogP contribution in [0.4, 0.5) is 0 Å². The highest BCUT2D eigenvalue weighted by molar-refractivity contribution is 5.99. The summed E-state index contributed by atoms with van der Waals surface area (Å²) in [4.78, 5) is 36.6. The SMILES string of the molecule is CCC(C)C(=O)C(O)(CC(=O)[O-])C(C(=O)CC(C)C)[N+](C)(C)C. The molecule has 0 aromatic heterocycles. The fourth-order valence-corrected chi connectivity index (χ4v) is 3.00. The molecule has 6 heteroatoms. The molecule has 1 N–H and O–H groups in total.